The summed E-state index contributed by atoms with van der Waals surface area (Å²) in [6.07, 6.45) is 1.04. The van der Waals surface area contributed by atoms with Crippen LogP contribution < -0.4 is 10.9 Å². The monoisotopic (exact) mass is 488 g/mol. The van der Waals surface area contributed by atoms with Gasteiger partial charge in [-0.15, -0.1) is 10.2 Å². The van der Waals surface area contributed by atoms with E-state index < -0.39 is 0 Å². The van der Waals surface area contributed by atoms with Crippen LogP contribution in [0.15, 0.2) is 69.1 Å². The van der Waals surface area contributed by atoms with E-state index >= 15 is 0 Å². The molecule has 0 fully saturated rings. The summed E-state index contributed by atoms with van der Waals surface area (Å²) in [5.74, 6) is 1.63. The van der Waals surface area contributed by atoms with Crippen molar-refractivity contribution >= 4 is 40.2 Å². The standard InChI is InChI=1S/C25H24N6O3S/c1-4-15(2)17-9-11-18(12-10-17)30-23(33)19-7-5-6-8-20(19)31-24(30)27-28-25(31)35-14-22(32)26-21-13-16(3)34-29-21/h5-13,15H,4,14H2,1-3H3,(H,26,29,32)/t15-/m1/s1. The minimum absolute atomic E-state index is 0.0871. The second-order valence-corrected chi connectivity index (χ2v) is 9.28. The van der Waals surface area contributed by atoms with Crippen LogP contribution in [0.25, 0.3) is 22.4 Å². The van der Waals surface area contributed by atoms with Crippen molar-refractivity contribution in [3.05, 3.63) is 76.3 Å². The zero-order valence-electron chi connectivity index (χ0n) is 19.6. The van der Waals surface area contributed by atoms with Gasteiger partial charge in [0.1, 0.15) is 5.76 Å². The molecule has 0 unspecified atom stereocenters. The van der Waals surface area contributed by atoms with Gasteiger partial charge in [0.2, 0.25) is 11.7 Å². The topological polar surface area (TPSA) is 107 Å². The number of aryl methyl sites for hydroxylation is 1. The number of aromatic nitrogens is 5. The van der Waals surface area contributed by atoms with Crippen LogP contribution in [0.1, 0.15) is 37.5 Å². The first-order valence-corrected chi connectivity index (χ1v) is 12.3. The molecule has 0 spiro atoms. The molecular weight excluding hydrogens is 464 g/mol. The summed E-state index contributed by atoms with van der Waals surface area (Å²) in [7, 11) is 0. The van der Waals surface area contributed by atoms with Crippen molar-refractivity contribution in [2.45, 2.75) is 38.3 Å². The largest absolute Gasteiger partial charge is 0.360 e. The molecule has 5 rings (SSSR count). The second-order valence-electron chi connectivity index (χ2n) is 8.34. The minimum Gasteiger partial charge on any atom is -0.360 e. The van der Waals surface area contributed by atoms with Crippen molar-refractivity contribution in [2.75, 3.05) is 11.1 Å². The Bertz CT molecular complexity index is 1580. The van der Waals surface area contributed by atoms with Crippen molar-refractivity contribution in [3.8, 4) is 5.69 Å². The number of carbonyl (C=O) groups excluding carboxylic acids is 1. The lowest BCUT2D eigenvalue weighted by Crippen LogP contribution is -2.22. The van der Waals surface area contributed by atoms with Crippen molar-refractivity contribution in [1.82, 2.24) is 24.3 Å². The van der Waals surface area contributed by atoms with Crippen LogP contribution in [0.3, 0.4) is 0 Å². The number of fused-ring (bicyclic) bond motifs is 3. The predicted molar refractivity (Wildman–Crippen MR) is 135 cm³/mol. The summed E-state index contributed by atoms with van der Waals surface area (Å²) >= 11 is 1.23. The average Bonchev–Trinajstić information content (AvgIpc) is 3.48. The number of benzene rings is 2. The fourth-order valence-corrected chi connectivity index (χ4v) is 4.67. The second kappa shape index (κ2) is 9.38. The number of nitrogens with zero attached hydrogens (tertiary/aromatic N) is 5. The fourth-order valence-electron chi connectivity index (χ4n) is 3.93. The first kappa shape index (κ1) is 22.9. The summed E-state index contributed by atoms with van der Waals surface area (Å²) in [6, 6.07) is 16.9. The van der Waals surface area contributed by atoms with Crippen molar-refractivity contribution in [1.29, 1.82) is 0 Å². The number of rotatable bonds is 7. The Balaban J connectivity index is 1.55. The van der Waals surface area contributed by atoms with Crippen LogP contribution in [0.2, 0.25) is 0 Å². The quantitative estimate of drug-likeness (QED) is 0.334. The molecule has 35 heavy (non-hydrogen) atoms. The zero-order valence-corrected chi connectivity index (χ0v) is 20.4. The molecule has 2 aromatic carbocycles. The Morgan fingerprint density at radius 2 is 1.91 bits per heavy atom. The SMILES string of the molecule is CC[C@@H](C)c1ccc(-n2c(=O)c3ccccc3n3c(SCC(=O)Nc4cc(C)on4)nnc23)cc1. The van der Waals surface area contributed by atoms with Crippen LogP contribution in [-0.4, -0.2) is 36.0 Å². The molecule has 0 radical (unpaired) electrons. The molecule has 0 saturated heterocycles. The molecule has 0 saturated carbocycles. The van der Waals surface area contributed by atoms with Gasteiger partial charge in [0, 0.05) is 6.07 Å². The zero-order chi connectivity index (χ0) is 24.5. The van der Waals surface area contributed by atoms with Crippen LogP contribution in [-0.2, 0) is 4.79 Å². The number of nitrogens with one attached hydrogen (secondary N) is 1. The lowest BCUT2D eigenvalue weighted by atomic mass is 9.98. The predicted octanol–water partition coefficient (Wildman–Crippen LogP) is 4.57. The van der Waals surface area contributed by atoms with E-state index in [-0.39, 0.29) is 17.2 Å². The summed E-state index contributed by atoms with van der Waals surface area (Å²) < 4.78 is 8.37. The van der Waals surface area contributed by atoms with E-state index in [0.717, 1.165) is 6.42 Å². The maximum absolute atomic E-state index is 13.5. The molecule has 0 aliphatic rings. The van der Waals surface area contributed by atoms with E-state index in [9.17, 15) is 9.59 Å². The Morgan fingerprint density at radius 3 is 2.63 bits per heavy atom. The van der Waals surface area contributed by atoms with Crippen LogP contribution in [0.5, 0.6) is 0 Å². The maximum Gasteiger partial charge on any atom is 0.267 e. The number of hydrogen-bond donors (Lipinski definition) is 1. The van der Waals surface area contributed by atoms with Gasteiger partial charge in [0.05, 0.1) is 22.3 Å². The molecule has 3 heterocycles. The maximum atomic E-state index is 13.5. The van der Waals surface area contributed by atoms with E-state index in [2.05, 4.69) is 34.5 Å². The van der Waals surface area contributed by atoms with E-state index in [1.54, 1.807) is 23.6 Å². The van der Waals surface area contributed by atoms with Gasteiger partial charge in [-0.05, 0) is 49.1 Å². The lowest BCUT2D eigenvalue weighted by Gasteiger charge is -2.13. The third kappa shape index (κ3) is 4.32. The molecule has 3 aromatic heterocycles. The highest BCUT2D eigenvalue weighted by molar-refractivity contribution is 7.99. The van der Waals surface area contributed by atoms with Crippen molar-refractivity contribution < 1.29 is 9.32 Å². The van der Waals surface area contributed by atoms with Crippen molar-refractivity contribution in [2.24, 2.45) is 0 Å². The number of thioether (sulfide) groups is 1. The summed E-state index contributed by atoms with van der Waals surface area (Å²) in [6.45, 7) is 6.08. The highest BCUT2D eigenvalue weighted by Gasteiger charge is 2.19. The van der Waals surface area contributed by atoms with E-state index in [1.807, 2.05) is 46.9 Å². The van der Waals surface area contributed by atoms with Gasteiger partial charge in [0.25, 0.3) is 5.56 Å². The third-order valence-corrected chi connectivity index (χ3v) is 6.88. The molecule has 9 nitrogen and oxygen atoms in total. The summed E-state index contributed by atoms with van der Waals surface area (Å²) in [5.41, 5.74) is 2.43. The lowest BCUT2D eigenvalue weighted by molar-refractivity contribution is -0.113. The van der Waals surface area contributed by atoms with Crippen LogP contribution >= 0.6 is 11.8 Å². The molecule has 10 heteroatoms. The Labute approximate surface area is 205 Å². The number of carbonyl (C=O) groups is 1. The summed E-state index contributed by atoms with van der Waals surface area (Å²) in [5, 5.41) is 16.2. The van der Waals surface area contributed by atoms with Gasteiger partial charge in [-0.1, -0.05) is 55.0 Å². The van der Waals surface area contributed by atoms with Gasteiger partial charge in [-0.25, -0.2) is 4.57 Å². The highest BCUT2D eigenvalue weighted by Crippen LogP contribution is 2.25. The van der Waals surface area contributed by atoms with E-state index in [1.165, 1.54) is 17.3 Å². The van der Waals surface area contributed by atoms with Gasteiger partial charge in [-0.3, -0.25) is 14.0 Å². The number of para-hydroxylation sites is 1. The molecule has 0 aliphatic heterocycles. The van der Waals surface area contributed by atoms with Crippen LogP contribution in [0.4, 0.5) is 5.82 Å². The number of anilines is 1. The molecule has 0 aliphatic carbocycles. The minimum atomic E-state index is -0.252. The van der Waals surface area contributed by atoms with Gasteiger partial charge in [-0.2, -0.15) is 0 Å². The molecule has 0 bridgehead atoms. The molecule has 1 amide bonds. The van der Waals surface area contributed by atoms with Crippen LogP contribution in [0, 0.1) is 6.92 Å². The highest BCUT2D eigenvalue weighted by atomic mass is 32.2. The van der Waals surface area contributed by atoms with E-state index in [0.29, 0.717) is 45.0 Å². The number of amides is 1. The average molecular weight is 489 g/mol. The Kier molecular flexibility index (Phi) is 6.12. The molecule has 178 valence electrons. The van der Waals surface area contributed by atoms with E-state index in [4.69, 9.17) is 4.52 Å². The third-order valence-electron chi connectivity index (χ3n) is 5.96. The van der Waals surface area contributed by atoms with Gasteiger partial charge < -0.3 is 9.84 Å². The summed E-state index contributed by atoms with van der Waals surface area (Å²) in [4.78, 5) is 25.9. The Morgan fingerprint density at radius 1 is 1.14 bits per heavy atom. The molecule has 5 aromatic rings. The normalized spacial score (nSPS) is 12.3. The smallest absolute Gasteiger partial charge is 0.267 e. The van der Waals surface area contributed by atoms with Gasteiger partial charge >= 0.3 is 0 Å². The van der Waals surface area contributed by atoms with Crippen molar-refractivity contribution in [3.63, 3.8) is 0 Å². The fraction of sp³-hybridized carbons (Fsp3) is 0.240. The molecular formula is C25H24N6O3S. The Hall–Kier alpha value is -3.92. The first-order chi connectivity index (χ1) is 17.0. The van der Waals surface area contributed by atoms with Gasteiger partial charge in [0.15, 0.2) is 11.0 Å². The first-order valence-electron chi connectivity index (χ1n) is 11.3. The molecule has 1 N–H and O–H groups in total. The number of hydrogen-bond acceptors (Lipinski definition) is 7. The molecule has 1 atom stereocenters.